The Bertz CT molecular complexity index is 880. The molecule has 0 spiro atoms. The van der Waals surface area contributed by atoms with Gasteiger partial charge in [0.2, 0.25) is 5.13 Å². The lowest BCUT2D eigenvalue weighted by Gasteiger charge is -2.07. The summed E-state index contributed by atoms with van der Waals surface area (Å²) in [6, 6.07) is 14.6. The number of benzene rings is 2. The number of thiazole rings is 1. The molecule has 0 fully saturated rings. The van der Waals surface area contributed by atoms with Crippen LogP contribution in [0.1, 0.15) is 30.9 Å². The van der Waals surface area contributed by atoms with Crippen LogP contribution in [0.5, 0.6) is 0 Å². The summed E-state index contributed by atoms with van der Waals surface area (Å²) in [6.45, 7) is 3.15. The number of aromatic nitrogens is 1. The Kier molecular flexibility index (Phi) is 7.07. The number of nitrogens with one attached hydrogen (secondary N) is 1. The highest BCUT2D eigenvalue weighted by molar-refractivity contribution is 7.14. The zero-order chi connectivity index (χ0) is 18.9. The lowest BCUT2D eigenvalue weighted by Crippen LogP contribution is -2.01. The van der Waals surface area contributed by atoms with E-state index in [1.807, 2.05) is 35.7 Å². The Balaban J connectivity index is 1.63. The van der Waals surface area contributed by atoms with Crippen LogP contribution < -0.4 is 5.43 Å². The molecule has 27 heavy (non-hydrogen) atoms. The molecule has 6 heteroatoms. The van der Waals surface area contributed by atoms with Gasteiger partial charge in [-0.2, -0.15) is 5.10 Å². The topological polar surface area (TPSA) is 46.5 Å². The number of hydrazone groups is 1. The number of halogens is 1. The molecule has 0 unspecified atom stereocenters. The van der Waals surface area contributed by atoms with Crippen LogP contribution in [-0.4, -0.2) is 17.8 Å². The van der Waals surface area contributed by atoms with Gasteiger partial charge in [0.1, 0.15) is 5.82 Å². The molecule has 140 valence electrons. The van der Waals surface area contributed by atoms with Crippen molar-refractivity contribution in [1.29, 1.82) is 0 Å². The van der Waals surface area contributed by atoms with Crippen molar-refractivity contribution in [1.82, 2.24) is 4.98 Å². The van der Waals surface area contributed by atoms with Crippen molar-refractivity contribution < 1.29 is 9.13 Å². The Labute approximate surface area is 162 Å². The van der Waals surface area contributed by atoms with Gasteiger partial charge < -0.3 is 4.74 Å². The molecule has 1 heterocycles. The Morgan fingerprint density at radius 3 is 2.89 bits per heavy atom. The van der Waals surface area contributed by atoms with Gasteiger partial charge in [-0.15, -0.1) is 11.3 Å². The highest BCUT2D eigenvalue weighted by Crippen LogP contribution is 2.24. The Morgan fingerprint density at radius 1 is 1.22 bits per heavy atom. The number of nitrogens with zero attached hydrogens (tertiary/aromatic N) is 2. The first kappa shape index (κ1) is 19.2. The SMILES string of the molecule is CCCCOCc1cc(F)ccc1C=NNc1nc(-c2ccccc2)cs1. The molecule has 2 aromatic carbocycles. The predicted octanol–water partition coefficient (Wildman–Crippen LogP) is 5.71. The third-order valence-electron chi connectivity index (χ3n) is 3.94. The Hall–Kier alpha value is -2.57. The second kappa shape index (κ2) is 9.94. The number of hydrogen-bond donors (Lipinski definition) is 1. The third-order valence-corrected chi connectivity index (χ3v) is 4.69. The monoisotopic (exact) mass is 383 g/mol. The molecule has 3 rings (SSSR count). The quantitative estimate of drug-likeness (QED) is 0.292. The predicted molar refractivity (Wildman–Crippen MR) is 110 cm³/mol. The molecule has 0 aliphatic rings. The standard InChI is InChI=1S/C21H22FN3OS/c1-2-3-11-26-14-18-12-19(22)10-9-17(18)13-23-25-21-24-20(15-27-21)16-7-5-4-6-8-16/h4-10,12-13,15H,2-3,11,14H2,1H3,(H,24,25). The molecular formula is C21H22FN3OS. The fraction of sp³-hybridized carbons (Fsp3) is 0.238. The van der Waals surface area contributed by atoms with Gasteiger partial charge in [-0.3, -0.25) is 5.43 Å². The number of hydrogen-bond acceptors (Lipinski definition) is 5. The van der Waals surface area contributed by atoms with Gasteiger partial charge in [-0.05, 0) is 24.1 Å². The average molecular weight is 383 g/mol. The van der Waals surface area contributed by atoms with E-state index in [1.165, 1.54) is 23.5 Å². The van der Waals surface area contributed by atoms with E-state index < -0.39 is 0 Å². The van der Waals surface area contributed by atoms with Gasteiger partial charge in [0.15, 0.2) is 0 Å². The number of rotatable bonds is 9. The number of ether oxygens (including phenoxy) is 1. The number of anilines is 1. The summed E-state index contributed by atoms with van der Waals surface area (Å²) >= 11 is 1.48. The number of unbranched alkanes of at least 4 members (excludes halogenated alkanes) is 1. The molecule has 0 saturated heterocycles. The summed E-state index contributed by atoms with van der Waals surface area (Å²) in [5.41, 5.74) is 6.52. The van der Waals surface area contributed by atoms with E-state index in [-0.39, 0.29) is 5.82 Å². The minimum Gasteiger partial charge on any atom is -0.377 e. The normalized spacial score (nSPS) is 11.2. The second-order valence-electron chi connectivity index (χ2n) is 6.02. The summed E-state index contributed by atoms with van der Waals surface area (Å²) in [7, 11) is 0. The molecule has 1 N–H and O–H groups in total. The maximum atomic E-state index is 13.5. The van der Waals surface area contributed by atoms with Gasteiger partial charge in [-0.25, -0.2) is 9.37 Å². The molecule has 0 amide bonds. The van der Waals surface area contributed by atoms with Crippen molar-refractivity contribution >= 4 is 22.7 Å². The molecule has 0 radical (unpaired) electrons. The lowest BCUT2D eigenvalue weighted by atomic mass is 10.1. The van der Waals surface area contributed by atoms with Crippen LogP contribution in [0.25, 0.3) is 11.3 Å². The lowest BCUT2D eigenvalue weighted by molar-refractivity contribution is 0.118. The van der Waals surface area contributed by atoms with Crippen LogP contribution in [0.2, 0.25) is 0 Å². The van der Waals surface area contributed by atoms with E-state index in [2.05, 4.69) is 22.4 Å². The van der Waals surface area contributed by atoms with Crippen molar-refractivity contribution in [3.63, 3.8) is 0 Å². The van der Waals surface area contributed by atoms with Gasteiger partial charge in [0.05, 0.1) is 18.5 Å². The summed E-state index contributed by atoms with van der Waals surface area (Å²) in [6.07, 6.45) is 3.73. The van der Waals surface area contributed by atoms with E-state index in [9.17, 15) is 4.39 Å². The van der Waals surface area contributed by atoms with Crippen molar-refractivity contribution in [3.8, 4) is 11.3 Å². The maximum Gasteiger partial charge on any atom is 0.203 e. The van der Waals surface area contributed by atoms with Gasteiger partial charge in [0, 0.05) is 23.1 Å². The fourth-order valence-corrected chi connectivity index (χ4v) is 3.15. The highest BCUT2D eigenvalue weighted by atomic mass is 32.1. The first-order chi connectivity index (χ1) is 13.3. The highest BCUT2D eigenvalue weighted by Gasteiger charge is 2.05. The minimum absolute atomic E-state index is 0.276. The molecule has 0 aliphatic carbocycles. The largest absolute Gasteiger partial charge is 0.377 e. The van der Waals surface area contributed by atoms with Crippen LogP contribution in [0.4, 0.5) is 9.52 Å². The molecule has 0 aliphatic heterocycles. The second-order valence-corrected chi connectivity index (χ2v) is 6.88. The van der Waals surface area contributed by atoms with Crippen LogP contribution in [0.3, 0.4) is 0 Å². The summed E-state index contributed by atoms with van der Waals surface area (Å²) in [5, 5.41) is 6.93. The molecule has 3 aromatic rings. The van der Waals surface area contributed by atoms with Crippen molar-refractivity contribution in [3.05, 3.63) is 70.9 Å². The van der Waals surface area contributed by atoms with Crippen molar-refractivity contribution in [2.75, 3.05) is 12.0 Å². The first-order valence-electron chi connectivity index (χ1n) is 8.92. The van der Waals surface area contributed by atoms with Crippen molar-refractivity contribution in [2.24, 2.45) is 5.10 Å². The fourth-order valence-electron chi connectivity index (χ4n) is 2.48. The van der Waals surface area contributed by atoms with Crippen LogP contribution in [-0.2, 0) is 11.3 Å². The molecule has 4 nitrogen and oxygen atoms in total. The first-order valence-corrected chi connectivity index (χ1v) is 9.80. The Morgan fingerprint density at radius 2 is 2.07 bits per heavy atom. The van der Waals surface area contributed by atoms with Gasteiger partial charge >= 0.3 is 0 Å². The van der Waals surface area contributed by atoms with Crippen molar-refractivity contribution in [2.45, 2.75) is 26.4 Å². The van der Waals surface area contributed by atoms with Crippen LogP contribution in [0, 0.1) is 5.82 Å². The van der Waals surface area contributed by atoms with Gasteiger partial charge in [-0.1, -0.05) is 49.7 Å². The van der Waals surface area contributed by atoms with E-state index in [0.717, 1.165) is 35.2 Å². The van der Waals surface area contributed by atoms with E-state index >= 15 is 0 Å². The molecule has 0 saturated carbocycles. The molecule has 1 aromatic heterocycles. The van der Waals surface area contributed by atoms with E-state index in [0.29, 0.717) is 18.3 Å². The van der Waals surface area contributed by atoms with Crippen LogP contribution >= 0.6 is 11.3 Å². The zero-order valence-electron chi connectivity index (χ0n) is 15.2. The zero-order valence-corrected chi connectivity index (χ0v) is 16.0. The van der Waals surface area contributed by atoms with E-state index in [4.69, 9.17) is 4.74 Å². The van der Waals surface area contributed by atoms with Crippen LogP contribution in [0.15, 0.2) is 59.0 Å². The average Bonchev–Trinajstić information content (AvgIpc) is 3.16. The smallest absolute Gasteiger partial charge is 0.203 e. The summed E-state index contributed by atoms with van der Waals surface area (Å²) in [5.74, 6) is -0.276. The third kappa shape index (κ3) is 5.70. The minimum atomic E-state index is -0.276. The van der Waals surface area contributed by atoms with Gasteiger partial charge in [0.25, 0.3) is 0 Å². The van der Waals surface area contributed by atoms with E-state index in [1.54, 1.807) is 12.3 Å². The summed E-state index contributed by atoms with van der Waals surface area (Å²) < 4.78 is 19.2. The molecule has 0 atom stereocenters. The molecule has 0 bridgehead atoms. The molecular weight excluding hydrogens is 361 g/mol. The maximum absolute atomic E-state index is 13.5. The summed E-state index contributed by atoms with van der Waals surface area (Å²) in [4.78, 5) is 4.53.